The summed E-state index contributed by atoms with van der Waals surface area (Å²) in [6.45, 7) is 4.40. The maximum Gasteiger partial charge on any atom is 0.436 e. The van der Waals surface area contributed by atoms with Crippen molar-refractivity contribution in [3.05, 3.63) is 0 Å². The predicted octanol–water partition coefficient (Wildman–Crippen LogP) is 1.30. The fraction of sp³-hybridized carbons (Fsp3) is 0.857. The minimum absolute atomic E-state index is 0.0390. The minimum Gasteiger partial charge on any atom is -0.463 e. The third-order valence-corrected chi connectivity index (χ3v) is 3.38. The molecule has 1 aliphatic heterocycles. The highest BCUT2D eigenvalue weighted by atomic mass is 19.4. The summed E-state index contributed by atoms with van der Waals surface area (Å²) in [5.74, 6) is -2.52. The fourth-order valence-electron chi connectivity index (χ4n) is 2.38. The summed E-state index contributed by atoms with van der Waals surface area (Å²) >= 11 is 0. The molecule has 9 heteroatoms. The van der Waals surface area contributed by atoms with Crippen molar-refractivity contribution in [1.82, 2.24) is 10.2 Å². The number of hydrogen-bond acceptors (Lipinski definition) is 5. The number of ether oxygens (including phenoxy) is 2. The molecule has 0 bridgehead atoms. The van der Waals surface area contributed by atoms with Gasteiger partial charge >= 0.3 is 12.1 Å². The number of alkyl halides is 3. The highest BCUT2D eigenvalue weighted by Gasteiger charge is 2.66. The highest BCUT2D eigenvalue weighted by molar-refractivity contribution is 5.88. The molecule has 1 rings (SSSR count). The van der Waals surface area contributed by atoms with Gasteiger partial charge in [-0.2, -0.15) is 13.2 Å². The number of esters is 1. The molecular weight excluding hydrogens is 317 g/mol. The maximum absolute atomic E-state index is 13.8. The van der Waals surface area contributed by atoms with E-state index in [4.69, 9.17) is 4.74 Å². The smallest absolute Gasteiger partial charge is 0.436 e. The Morgan fingerprint density at radius 3 is 2.26 bits per heavy atom. The normalized spacial score (nSPS) is 19.3. The third-order valence-electron chi connectivity index (χ3n) is 3.38. The van der Waals surface area contributed by atoms with Crippen LogP contribution in [-0.2, 0) is 19.1 Å². The lowest BCUT2D eigenvalue weighted by atomic mass is 10.0. The summed E-state index contributed by atoms with van der Waals surface area (Å²) in [5.41, 5.74) is -3.18. The Hall–Kier alpha value is -1.35. The fourth-order valence-corrected chi connectivity index (χ4v) is 2.38. The standard InChI is InChI=1S/C14H23F3N2O4/c1-4-23-12(21)13(14(15,16)17,18-11(20)9-10(2)3)19-5-7-22-8-6-19/h10H,4-9H2,1-3H3,(H,18,20)/t13-/m0/s1. The van der Waals surface area contributed by atoms with E-state index in [-0.39, 0.29) is 45.2 Å². The molecule has 1 aliphatic rings. The monoisotopic (exact) mass is 340 g/mol. The Bertz CT molecular complexity index is 423. The number of nitrogens with one attached hydrogen (secondary N) is 1. The molecule has 0 unspecified atom stereocenters. The second-order valence-corrected chi connectivity index (χ2v) is 5.67. The first-order valence-electron chi connectivity index (χ1n) is 7.53. The van der Waals surface area contributed by atoms with E-state index in [0.717, 1.165) is 4.90 Å². The molecule has 6 nitrogen and oxygen atoms in total. The molecular formula is C14H23F3N2O4. The van der Waals surface area contributed by atoms with Crippen LogP contribution >= 0.6 is 0 Å². The largest absolute Gasteiger partial charge is 0.463 e. The molecule has 0 aromatic rings. The first-order valence-corrected chi connectivity index (χ1v) is 7.53. The topological polar surface area (TPSA) is 67.9 Å². The van der Waals surface area contributed by atoms with Crippen LogP contribution in [0.2, 0.25) is 0 Å². The van der Waals surface area contributed by atoms with Crippen molar-refractivity contribution in [1.29, 1.82) is 0 Å². The zero-order valence-electron chi connectivity index (χ0n) is 13.5. The molecule has 134 valence electrons. The van der Waals surface area contributed by atoms with E-state index in [1.807, 2.05) is 5.32 Å². The lowest BCUT2D eigenvalue weighted by molar-refractivity contribution is -0.255. The van der Waals surface area contributed by atoms with Crippen molar-refractivity contribution in [3.63, 3.8) is 0 Å². The first kappa shape index (κ1) is 19.7. The van der Waals surface area contributed by atoms with Gasteiger partial charge in [0.25, 0.3) is 5.66 Å². The van der Waals surface area contributed by atoms with E-state index in [2.05, 4.69) is 4.74 Å². The van der Waals surface area contributed by atoms with E-state index < -0.39 is 23.7 Å². The van der Waals surface area contributed by atoms with E-state index in [9.17, 15) is 22.8 Å². The second kappa shape index (κ2) is 7.96. The number of carbonyl (C=O) groups excluding carboxylic acids is 2. The van der Waals surface area contributed by atoms with Crippen molar-refractivity contribution in [3.8, 4) is 0 Å². The minimum atomic E-state index is -5.02. The molecule has 0 aromatic carbocycles. The molecule has 0 radical (unpaired) electrons. The van der Waals surface area contributed by atoms with E-state index >= 15 is 0 Å². The van der Waals surface area contributed by atoms with Gasteiger partial charge in [0.05, 0.1) is 19.8 Å². The SMILES string of the molecule is CCOC(=O)[C@](NC(=O)CC(C)C)(N1CCOCC1)C(F)(F)F. The molecule has 0 aromatic heterocycles. The van der Waals surface area contributed by atoms with Crippen LogP contribution in [0.15, 0.2) is 0 Å². The van der Waals surface area contributed by atoms with Gasteiger partial charge in [-0.1, -0.05) is 13.8 Å². The van der Waals surface area contributed by atoms with Crippen LogP contribution in [0.25, 0.3) is 0 Å². The summed E-state index contributed by atoms with van der Waals surface area (Å²) in [4.78, 5) is 25.1. The van der Waals surface area contributed by atoms with Crippen LogP contribution in [-0.4, -0.2) is 61.5 Å². The van der Waals surface area contributed by atoms with E-state index in [1.54, 1.807) is 13.8 Å². The highest BCUT2D eigenvalue weighted by Crippen LogP contribution is 2.35. The summed E-state index contributed by atoms with van der Waals surface area (Å²) < 4.78 is 51.2. The van der Waals surface area contributed by atoms with Crippen molar-refractivity contribution in [2.24, 2.45) is 5.92 Å². The Morgan fingerprint density at radius 2 is 1.83 bits per heavy atom. The zero-order valence-corrected chi connectivity index (χ0v) is 13.5. The number of carbonyl (C=O) groups is 2. The van der Waals surface area contributed by atoms with Gasteiger partial charge in [0.2, 0.25) is 5.91 Å². The second-order valence-electron chi connectivity index (χ2n) is 5.67. The lowest BCUT2D eigenvalue weighted by Crippen LogP contribution is -2.75. The van der Waals surface area contributed by atoms with Crippen LogP contribution in [0, 0.1) is 5.92 Å². The van der Waals surface area contributed by atoms with Gasteiger partial charge in [0.15, 0.2) is 0 Å². The number of halogens is 3. The molecule has 1 saturated heterocycles. The molecule has 0 saturated carbocycles. The number of amides is 1. The quantitative estimate of drug-likeness (QED) is 0.739. The zero-order chi connectivity index (χ0) is 17.7. The molecule has 23 heavy (non-hydrogen) atoms. The van der Waals surface area contributed by atoms with E-state index in [0.29, 0.717) is 0 Å². The van der Waals surface area contributed by atoms with Crippen molar-refractivity contribution in [2.45, 2.75) is 39.0 Å². The Labute approximate surface area is 133 Å². The maximum atomic E-state index is 13.8. The Morgan fingerprint density at radius 1 is 1.26 bits per heavy atom. The molecule has 1 heterocycles. The molecule has 1 N–H and O–H groups in total. The molecule has 1 fully saturated rings. The Balaban J connectivity index is 3.22. The molecule has 0 aliphatic carbocycles. The van der Waals surface area contributed by atoms with Gasteiger partial charge in [-0.25, -0.2) is 4.79 Å². The average Bonchev–Trinajstić information content (AvgIpc) is 2.43. The molecule has 1 amide bonds. The van der Waals surface area contributed by atoms with Gasteiger partial charge in [-0.15, -0.1) is 0 Å². The van der Waals surface area contributed by atoms with Crippen LogP contribution in [0.5, 0.6) is 0 Å². The molecule has 1 atom stereocenters. The van der Waals surface area contributed by atoms with Crippen molar-refractivity contribution < 1.29 is 32.2 Å². The van der Waals surface area contributed by atoms with Crippen LogP contribution in [0.3, 0.4) is 0 Å². The lowest BCUT2D eigenvalue weighted by Gasteiger charge is -2.44. The number of rotatable bonds is 6. The number of hydrogen-bond donors (Lipinski definition) is 1. The summed E-state index contributed by atoms with van der Waals surface area (Å²) in [7, 11) is 0. The summed E-state index contributed by atoms with van der Waals surface area (Å²) in [5, 5.41) is 1.89. The van der Waals surface area contributed by atoms with Crippen LogP contribution < -0.4 is 5.32 Å². The van der Waals surface area contributed by atoms with Gasteiger partial charge in [0, 0.05) is 19.5 Å². The molecule has 0 spiro atoms. The first-order chi connectivity index (χ1) is 10.6. The summed E-state index contributed by atoms with van der Waals surface area (Å²) in [6.07, 6.45) is -5.15. The Kier molecular flexibility index (Phi) is 6.82. The summed E-state index contributed by atoms with van der Waals surface area (Å²) in [6, 6.07) is 0. The van der Waals surface area contributed by atoms with Crippen LogP contribution in [0.4, 0.5) is 13.2 Å². The van der Waals surface area contributed by atoms with Gasteiger partial charge in [-0.3, -0.25) is 9.69 Å². The van der Waals surface area contributed by atoms with Crippen LogP contribution in [0.1, 0.15) is 27.2 Å². The van der Waals surface area contributed by atoms with Crippen molar-refractivity contribution in [2.75, 3.05) is 32.9 Å². The number of nitrogens with zero attached hydrogens (tertiary/aromatic N) is 1. The van der Waals surface area contributed by atoms with E-state index in [1.165, 1.54) is 6.92 Å². The van der Waals surface area contributed by atoms with Gasteiger partial charge in [0.1, 0.15) is 0 Å². The predicted molar refractivity (Wildman–Crippen MR) is 75.4 cm³/mol. The van der Waals surface area contributed by atoms with Gasteiger partial charge in [-0.05, 0) is 12.8 Å². The van der Waals surface area contributed by atoms with Crippen molar-refractivity contribution >= 4 is 11.9 Å². The number of morpholine rings is 1. The van der Waals surface area contributed by atoms with Gasteiger partial charge < -0.3 is 14.8 Å². The third kappa shape index (κ3) is 4.57. The average molecular weight is 340 g/mol.